The Bertz CT molecular complexity index is 1340. The number of aryl methyl sites for hydroxylation is 1. The summed E-state index contributed by atoms with van der Waals surface area (Å²) in [7, 11) is 1.56. The van der Waals surface area contributed by atoms with E-state index in [0.29, 0.717) is 35.6 Å². The fourth-order valence-corrected chi connectivity index (χ4v) is 6.02. The standard InChI is InChI=1S/C29H30N2O6/c1-18-13-22-25(23(14-18)30-24(32)16-19-7-5-8-20(15-19)36-2)27(33)31(17-21-9-6-12-37-21)29(10-3-4-11-29)26(22)28(34)35/h5-9,12-15,26H,3-4,10-11,16-17H2,1-2H3,(H,30,32)(H,34,35). The molecule has 2 aliphatic rings. The molecule has 0 saturated heterocycles. The van der Waals surface area contributed by atoms with E-state index >= 15 is 0 Å². The number of benzene rings is 2. The molecule has 8 heteroatoms. The van der Waals surface area contributed by atoms with Crippen LogP contribution in [0, 0.1) is 6.92 Å². The van der Waals surface area contributed by atoms with Crippen molar-refractivity contribution < 1.29 is 28.6 Å². The Morgan fingerprint density at radius 2 is 1.95 bits per heavy atom. The quantitative estimate of drug-likeness (QED) is 0.475. The van der Waals surface area contributed by atoms with E-state index in [1.165, 1.54) is 0 Å². The molecule has 1 aliphatic heterocycles. The number of carboxylic acids is 1. The molecule has 0 radical (unpaired) electrons. The molecule has 1 spiro atoms. The molecule has 3 aromatic rings. The second-order valence-corrected chi connectivity index (χ2v) is 9.91. The molecule has 1 aromatic heterocycles. The van der Waals surface area contributed by atoms with E-state index in [0.717, 1.165) is 24.0 Å². The first-order chi connectivity index (χ1) is 17.8. The van der Waals surface area contributed by atoms with Crippen LogP contribution in [0.2, 0.25) is 0 Å². The third-order valence-corrected chi connectivity index (χ3v) is 7.54. The van der Waals surface area contributed by atoms with E-state index < -0.39 is 17.4 Å². The molecule has 192 valence electrons. The van der Waals surface area contributed by atoms with Crippen molar-refractivity contribution in [3.63, 3.8) is 0 Å². The number of nitrogens with zero attached hydrogens (tertiary/aromatic N) is 1. The number of nitrogens with one attached hydrogen (secondary N) is 1. The highest BCUT2D eigenvalue weighted by molar-refractivity contribution is 6.08. The van der Waals surface area contributed by atoms with Crippen LogP contribution in [-0.4, -0.2) is 40.4 Å². The van der Waals surface area contributed by atoms with Crippen molar-refractivity contribution in [3.05, 3.63) is 82.8 Å². The Hall–Kier alpha value is -4.07. The van der Waals surface area contributed by atoms with Gasteiger partial charge in [0.1, 0.15) is 17.4 Å². The number of carbonyl (C=O) groups excluding carboxylic acids is 2. The number of ether oxygens (including phenoxy) is 1. The Morgan fingerprint density at radius 1 is 1.16 bits per heavy atom. The first-order valence-corrected chi connectivity index (χ1v) is 12.5. The lowest BCUT2D eigenvalue weighted by atomic mass is 9.70. The largest absolute Gasteiger partial charge is 0.497 e. The van der Waals surface area contributed by atoms with E-state index in [9.17, 15) is 19.5 Å². The van der Waals surface area contributed by atoms with Crippen LogP contribution in [0.1, 0.15) is 64.4 Å². The second kappa shape index (κ2) is 9.76. The van der Waals surface area contributed by atoms with Crippen LogP contribution >= 0.6 is 0 Å². The lowest BCUT2D eigenvalue weighted by Crippen LogP contribution is -2.58. The Balaban J connectivity index is 1.56. The summed E-state index contributed by atoms with van der Waals surface area (Å²) < 4.78 is 10.8. The van der Waals surface area contributed by atoms with Gasteiger partial charge in [0.05, 0.1) is 43.1 Å². The number of hydrogen-bond acceptors (Lipinski definition) is 5. The summed E-state index contributed by atoms with van der Waals surface area (Å²) in [5, 5.41) is 13.4. The number of carbonyl (C=O) groups is 3. The van der Waals surface area contributed by atoms with Gasteiger partial charge in [-0.1, -0.05) is 31.0 Å². The van der Waals surface area contributed by atoms with Crippen LogP contribution in [0.5, 0.6) is 5.75 Å². The van der Waals surface area contributed by atoms with Crippen LogP contribution in [0.25, 0.3) is 0 Å². The van der Waals surface area contributed by atoms with Crippen molar-refractivity contribution in [1.29, 1.82) is 0 Å². The van der Waals surface area contributed by atoms with Crippen molar-refractivity contribution in [2.45, 2.75) is 57.0 Å². The van der Waals surface area contributed by atoms with Gasteiger partial charge in [-0.25, -0.2) is 0 Å². The number of furan rings is 1. The molecule has 37 heavy (non-hydrogen) atoms. The fraction of sp³-hybridized carbons (Fsp3) is 0.345. The Morgan fingerprint density at radius 3 is 2.62 bits per heavy atom. The number of fused-ring (bicyclic) bond motifs is 1. The van der Waals surface area contributed by atoms with Gasteiger partial charge < -0.3 is 24.5 Å². The summed E-state index contributed by atoms with van der Waals surface area (Å²) >= 11 is 0. The highest BCUT2D eigenvalue weighted by atomic mass is 16.5. The van der Waals surface area contributed by atoms with Gasteiger partial charge in [0.15, 0.2) is 0 Å². The van der Waals surface area contributed by atoms with Crippen LogP contribution < -0.4 is 10.1 Å². The average molecular weight is 503 g/mol. The monoisotopic (exact) mass is 502 g/mol. The Kier molecular flexibility index (Phi) is 6.50. The smallest absolute Gasteiger partial charge is 0.313 e. The molecule has 1 fully saturated rings. The first kappa shape index (κ1) is 24.6. The van der Waals surface area contributed by atoms with E-state index in [-0.39, 0.29) is 30.3 Å². The van der Waals surface area contributed by atoms with Crippen LogP contribution in [0.3, 0.4) is 0 Å². The SMILES string of the molecule is COc1cccc(CC(=O)Nc2cc(C)cc3c2C(=O)N(Cc2ccco2)C2(CCCC2)C3C(=O)O)c1. The lowest BCUT2D eigenvalue weighted by Gasteiger charge is -2.49. The van der Waals surface area contributed by atoms with Crippen molar-refractivity contribution in [2.24, 2.45) is 0 Å². The van der Waals surface area contributed by atoms with Gasteiger partial charge in [-0.2, -0.15) is 0 Å². The average Bonchev–Trinajstić information content (AvgIpc) is 3.54. The van der Waals surface area contributed by atoms with Gasteiger partial charge in [0.2, 0.25) is 5.91 Å². The van der Waals surface area contributed by atoms with Crippen LogP contribution in [-0.2, 0) is 22.6 Å². The zero-order valence-corrected chi connectivity index (χ0v) is 21.0. The maximum atomic E-state index is 14.2. The molecule has 1 saturated carbocycles. The third kappa shape index (κ3) is 4.48. The predicted octanol–water partition coefficient (Wildman–Crippen LogP) is 4.91. The number of rotatable bonds is 7. The number of amides is 2. The molecule has 0 bridgehead atoms. The van der Waals surface area contributed by atoms with Crippen molar-refractivity contribution in [1.82, 2.24) is 4.90 Å². The van der Waals surface area contributed by atoms with Crippen LogP contribution in [0.15, 0.2) is 59.2 Å². The van der Waals surface area contributed by atoms with Gasteiger partial charge in [-0.05, 0) is 66.8 Å². The molecular weight excluding hydrogens is 472 g/mol. The van der Waals surface area contributed by atoms with Gasteiger partial charge >= 0.3 is 5.97 Å². The topological polar surface area (TPSA) is 109 Å². The predicted molar refractivity (Wildman–Crippen MR) is 137 cm³/mol. The highest BCUT2D eigenvalue weighted by Gasteiger charge is 2.56. The zero-order valence-electron chi connectivity index (χ0n) is 21.0. The van der Waals surface area contributed by atoms with E-state index in [1.54, 1.807) is 54.7 Å². The number of carboxylic acid groups (broad SMARTS) is 1. The van der Waals surface area contributed by atoms with E-state index in [2.05, 4.69) is 5.32 Å². The van der Waals surface area contributed by atoms with Gasteiger partial charge in [-0.15, -0.1) is 0 Å². The molecule has 2 N–H and O–H groups in total. The number of hydrogen-bond donors (Lipinski definition) is 2. The van der Waals surface area contributed by atoms with Gasteiger partial charge in [0, 0.05) is 0 Å². The van der Waals surface area contributed by atoms with Crippen molar-refractivity contribution in [2.75, 3.05) is 12.4 Å². The molecule has 2 heterocycles. The molecule has 1 atom stereocenters. The number of aliphatic carboxylic acids is 1. The lowest BCUT2D eigenvalue weighted by molar-refractivity contribution is -0.143. The van der Waals surface area contributed by atoms with Crippen molar-refractivity contribution >= 4 is 23.5 Å². The summed E-state index contributed by atoms with van der Waals surface area (Å²) in [6.07, 6.45) is 4.51. The van der Waals surface area contributed by atoms with E-state index in [1.807, 2.05) is 19.1 Å². The minimum Gasteiger partial charge on any atom is -0.497 e. The van der Waals surface area contributed by atoms with Crippen LogP contribution in [0.4, 0.5) is 5.69 Å². The summed E-state index contributed by atoms with van der Waals surface area (Å²) in [6.45, 7) is 2.01. The molecule has 2 amide bonds. The maximum absolute atomic E-state index is 14.2. The maximum Gasteiger partial charge on any atom is 0.313 e. The van der Waals surface area contributed by atoms with Crippen molar-refractivity contribution in [3.8, 4) is 5.75 Å². The molecule has 1 aliphatic carbocycles. The second-order valence-electron chi connectivity index (χ2n) is 9.91. The fourth-order valence-electron chi connectivity index (χ4n) is 6.02. The molecule has 1 unspecified atom stereocenters. The number of methoxy groups -OCH3 is 1. The van der Waals surface area contributed by atoms with Gasteiger partial charge in [-0.3, -0.25) is 14.4 Å². The summed E-state index contributed by atoms with van der Waals surface area (Å²) in [5.74, 6) is -1.25. The zero-order chi connectivity index (χ0) is 26.2. The third-order valence-electron chi connectivity index (χ3n) is 7.54. The minimum atomic E-state index is -0.973. The highest BCUT2D eigenvalue weighted by Crippen LogP contribution is 2.52. The molecule has 2 aromatic carbocycles. The minimum absolute atomic E-state index is 0.0799. The molecule has 5 rings (SSSR count). The summed E-state index contributed by atoms with van der Waals surface area (Å²) in [5.41, 5.74) is 1.72. The normalized spacial score (nSPS) is 18.1. The summed E-state index contributed by atoms with van der Waals surface area (Å²) in [6, 6.07) is 14.3. The molecule has 8 nitrogen and oxygen atoms in total. The number of anilines is 1. The first-order valence-electron chi connectivity index (χ1n) is 12.5. The Labute approximate surface area is 215 Å². The van der Waals surface area contributed by atoms with E-state index in [4.69, 9.17) is 9.15 Å². The van der Waals surface area contributed by atoms with Gasteiger partial charge in [0.25, 0.3) is 5.91 Å². The summed E-state index contributed by atoms with van der Waals surface area (Å²) in [4.78, 5) is 41.7. The molecular formula is C29H30N2O6.